The van der Waals surface area contributed by atoms with E-state index in [0.29, 0.717) is 29.1 Å². The predicted molar refractivity (Wildman–Crippen MR) is 78.8 cm³/mol. The van der Waals surface area contributed by atoms with E-state index in [-0.39, 0.29) is 11.5 Å². The van der Waals surface area contributed by atoms with Crippen molar-refractivity contribution in [2.24, 2.45) is 0 Å². The Morgan fingerprint density at radius 1 is 1.19 bits per heavy atom. The third-order valence-electron chi connectivity index (χ3n) is 3.25. The lowest BCUT2D eigenvalue weighted by Gasteiger charge is -2.09. The zero-order chi connectivity index (χ0) is 15.6. The van der Waals surface area contributed by atoms with E-state index in [4.69, 9.17) is 0 Å². The van der Waals surface area contributed by atoms with Crippen LogP contribution in [-0.4, -0.2) is 9.91 Å². The highest BCUT2D eigenvalue weighted by Crippen LogP contribution is 2.20. The summed E-state index contributed by atoms with van der Waals surface area (Å²) in [4.78, 5) is 14.3. The Balaban J connectivity index is 2.13. The zero-order valence-corrected chi connectivity index (χ0v) is 12.1. The second kappa shape index (κ2) is 5.87. The van der Waals surface area contributed by atoms with Gasteiger partial charge in [-0.05, 0) is 43.5 Å². The van der Waals surface area contributed by atoms with E-state index in [1.807, 2.05) is 0 Å². The monoisotopic (exact) mass is 289 g/mol. The molecule has 0 aliphatic rings. The molecular formula is C15H16FN3O2. The van der Waals surface area contributed by atoms with Crippen LogP contribution in [-0.2, 0) is 6.54 Å². The van der Waals surface area contributed by atoms with E-state index in [2.05, 4.69) is 10.3 Å². The molecule has 0 atom stereocenters. The Bertz CT molecular complexity index is 678. The first-order valence-electron chi connectivity index (χ1n) is 6.49. The molecule has 0 fully saturated rings. The number of hydrogen-bond donors (Lipinski definition) is 1. The number of anilines is 1. The quantitative estimate of drug-likeness (QED) is 0.689. The molecule has 5 nitrogen and oxygen atoms in total. The van der Waals surface area contributed by atoms with Gasteiger partial charge in [0.05, 0.1) is 4.92 Å². The van der Waals surface area contributed by atoms with Crippen LogP contribution in [0.1, 0.15) is 22.3 Å². The number of halogens is 1. The third-order valence-corrected chi connectivity index (χ3v) is 3.25. The summed E-state index contributed by atoms with van der Waals surface area (Å²) in [6.07, 6.45) is 1.23. The lowest BCUT2D eigenvalue weighted by Crippen LogP contribution is -2.04. The minimum atomic E-state index is -0.460. The van der Waals surface area contributed by atoms with E-state index in [1.165, 1.54) is 6.20 Å². The normalized spacial score (nSPS) is 10.5. The minimum Gasteiger partial charge on any atom is -0.366 e. The van der Waals surface area contributed by atoms with E-state index < -0.39 is 4.92 Å². The summed E-state index contributed by atoms with van der Waals surface area (Å²) >= 11 is 0. The number of nitro groups is 1. The highest BCUT2D eigenvalue weighted by Gasteiger charge is 2.11. The molecule has 0 aliphatic carbocycles. The summed E-state index contributed by atoms with van der Waals surface area (Å²) in [6.45, 7) is 5.59. The maximum absolute atomic E-state index is 13.6. The van der Waals surface area contributed by atoms with Crippen molar-refractivity contribution >= 4 is 11.5 Å². The van der Waals surface area contributed by atoms with Crippen molar-refractivity contribution in [2.75, 3.05) is 5.32 Å². The fraction of sp³-hybridized carbons (Fsp3) is 0.267. The highest BCUT2D eigenvalue weighted by atomic mass is 19.1. The molecule has 1 N–H and O–H groups in total. The molecule has 1 aromatic carbocycles. The number of nitrogens with one attached hydrogen (secondary N) is 1. The van der Waals surface area contributed by atoms with Crippen molar-refractivity contribution in [2.45, 2.75) is 27.3 Å². The molecule has 2 rings (SSSR count). The van der Waals surface area contributed by atoms with Crippen molar-refractivity contribution < 1.29 is 9.31 Å². The molecule has 0 radical (unpaired) electrons. The Morgan fingerprint density at radius 3 is 2.33 bits per heavy atom. The van der Waals surface area contributed by atoms with Gasteiger partial charge >= 0.3 is 0 Å². The summed E-state index contributed by atoms with van der Waals surface area (Å²) in [6, 6.07) is 5.17. The Kier molecular flexibility index (Phi) is 4.16. The number of aromatic nitrogens is 1. The van der Waals surface area contributed by atoms with Crippen molar-refractivity contribution in [1.82, 2.24) is 4.98 Å². The van der Waals surface area contributed by atoms with Crippen LogP contribution in [0.3, 0.4) is 0 Å². The summed E-state index contributed by atoms with van der Waals surface area (Å²) in [5.74, 6) is 0.362. The maximum atomic E-state index is 13.6. The number of nitrogens with zero attached hydrogens (tertiary/aromatic N) is 2. The van der Waals surface area contributed by atoms with Crippen LogP contribution in [0.4, 0.5) is 15.9 Å². The molecule has 21 heavy (non-hydrogen) atoms. The lowest BCUT2D eigenvalue weighted by atomic mass is 10.1. The van der Waals surface area contributed by atoms with Gasteiger partial charge in [-0.25, -0.2) is 9.37 Å². The molecule has 0 bridgehead atoms. The molecule has 1 aromatic heterocycles. The predicted octanol–water partition coefficient (Wildman–Crippen LogP) is 3.67. The lowest BCUT2D eigenvalue weighted by molar-refractivity contribution is -0.385. The summed E-state index contributed by atoms with van der Waals surface area (Å²) in [5, 5.41) is 13.8. The first-order chi connectivity index (χ1) is 9.88. The Morgan fingerprint density at radius 2 is 1.81 bits per heavy atom. The number of aryl methyl sites for hydroxylation is 3. The van der Waals surface area contributed by atoms with Crippen LogP contribution in [0.25, 0.3) is 0 Å². The summed E-state index contributed by atoms with van der Waals surface area (Å²) in [7, 11) is 0. The molecule has 2 aromatic rings. The molecule has 110 valence electrons. The van der Waals surface area contributed by atoms with Crippen LogP contribution in [0, 0.1) is 36.7 Å². The molecule has 0 saturated carbocycles. The number of hydrogen-bond acceptors (Lipinski definition) is 4. The maximum Gasteiger partial charge on any atom is 0.290 e. The molecule has 0 amide bonds. The van der Waals surface area contributed by atoms with E-state index in [1.54, 1.807) is 39.0 Å². The van der Waals surface area contributed by atoms with Crippen molar-refractivity contribution in [3.05, 3.63) is 62.6 Å². The van der Waals surface area contributed by atoms with Gasteiger partial charge in [-0.2, -0.15) is 0 Å². The van der Waals surface area contributed by atoms with E-state index in [0.717, 1.165) is 5.56 Å². The van der Waals surface area contributed by atoms with Crippen molar-refractivity contribution in [1.29, 1.82) is 0 Å². The van der Waals surface area contributed by atoms with Gasteiger partial charge in [0.15, 0.2) is 0 Å². The van der Waals surface area contributed by atoms with Gasteiger partial charge in [0, 0.05) is 12.1 Å². The first-order valence-corrected chi connectivity index (χ1v) is 6.49. The molecule has 1 heterocycles. The summed E-state index contributed by atoms with van der Waals surface area (Å²) in [5.41, 5.74) is 2.67. The molecule has 6 heteroatoms. The standard InChI is InChI=1S/C15H16FN3O2/c1-9-6-14(18-8-13(9)19(20)21)17-7-12-4-10(2)15(16)11(3)5-12/h4-6,8H,7H2,1-3H3,(H,17,18). The van der Waals surface area contributed by atoms with Gasteiger partial charge in [0.1, 0.15) is 17.8 Å². The zero-order valence-electron chi connectivity index (χ0n) is 12.1. The van der Waals surface area contributed by atoms with Gasteiger partial charge < -0.3 is 5.32 Å². The second-order valence-electron chi connectivity index (χ2n) is 5.01. The molecule has 0 saturated heterocycles. The van der Waals surface area contributed by atoms with Crippen LogP contribution in [0.5, 0.6) is 0 Å². The van der Waals surface area contributed by atoms with Crippen LogP contribution in [0.15, 0.2) is 24.4 Å². The number of rotatable bonds is 4. The van der Waals surface area contributed by atoms with Crippen LogP contribution < -0.4 is 5.32 Å². The van der Waals surface area contributed by atoms with Gasteiger partial charge in [0.2, 0.25) is 0 Å². The smallest absolute Gasteiger partial charge is 0.290 e. The molecule has 0 aliphatic heterocycles. The van der Waals surface area contributed by atoms with Gasteiger partial charge in [-0.1, -0.05) is 12.1 Å². The minimum absolute atomic E-state index is 0.00554. The van der Waals surface area contributed by atoms with Crippen LogP contribution >= 0.6 is 0 Å². The van der Waals surface area contributed by atoms with Crippen LogP contribution in [0.2, 0.25) is 0 Å². The van der Waals surface area contributed by atoms with E-state index in [9.17, 15) is 14.5 Å². The fourth-order valence-corrected chi connectivity index (χ4v) is 2.17. The first kappa shape index (κ1) is 14.9. The Hall–Kier alpha value is -2.50. The SMILES string of the molecule is Cc1cc(NCc2cc(C)c(F)c(C)c2)ncc1[N+](=O)[O-]. The van der Waals surface area contributed by atoms with Crippen molar-refractivity contribution in [3.8, 4) is 0 Å². The molecule has 0 spiro atoms. The molecule has 0 unspecified atom stereocenters. The highest BCUT2D eigenvalue weighted by molar-refractivity contribution is 5.47. The fourth-order valence-electron chi connectivity index (χ4n) is 2.17. The average Bonchev–Trinajstić information content (AvgIpc) is 2.42. The largest absolute Gasteiger partial charge is 0.366 e. The van der Waals surface area contributed by atoms with Gasteiger partial charge in [0.25, 0.3) is 5.69 Å². The van der Waals surface area contributed by atoms with Gasteiger partial charge in [-0.3, -0.25) is 10.1 Å². The number of benzene rings is 1. The third kappa shape index (κ3) is 3.34. The number of pyridine rings is 1. The second-order valence-corrected chi connectivity index (χ2v) is 5.01. The Labute approximate surface area is 122 Å². The van der Waals surface area contributed by atoms with E-state index >= 15 is 0 Å². The average molecular weight is 289 g/mol. The summed E-state index contributed by atoms with van der Waals surface area (Å²) < 4.78 is 13.6. The molecular weight excluding hydrogens is 273 g/mol. The van der Waals surface area contributed by atoms with Crippen molar-refractivity contribution in [3.63, 3.8) is 0 Å². The van der Waals surface area contributed by atoms with Gasteiger partial charge in [-0.15, -0.1) is 0 Å². The topological polar surface area (TPSA) is 68.1 Å².